The highest BCUT2D eigenvalue weighted by Gasteiger charge is 1.97. The Kier molecular flexibility index (Phi) is 1.12. The van der Waals surface area contributed by atoms with Crippen molar-refractivity contribution < 1.29 is 0 Å². The number of hydrogen-bond acceptors (Lipinski definition) is 1. The fraction of sp³-hybridized carbons (Fsp3) is 0.125. The highest BCUT2D eigenvalue weighted by atomic mass is 16.1. The molecule has 3 heteroatoms. The van der Waals surface area contributed by atoms with E-state index in [9.17, 15) is 4.79 Å². The van der Waals surface area contributed by atoms with Gasteiger partial charge in [-0.3, -0.25) is 4.40 Å². The molecule has 3 nitrogen and oxygen atoms in total. The van der Waals surface area contributed by atoms with Crippen LogP contribution in [0, 0.1) is 6.92 Å². The SMILES string of the molecule is Cc1ccc2cc[nH]c(=O)n12. The van der Waals surface area contributed by atoms with E-state index in [0.717, 1.165) is 11.2 Å². The van der Waals surface area contributed by atoms with E-state index in [1.165, 1.54) is 0 Å². The van der Waals surface area contributed by atoms with E-state index in [1.807, 2.05) is 25.1 Å². The molecule has 0 amide bonds. The van der Waals surface area contributed by atoms with Crippen LogP contribution in [0.5, 0.6) is 0 Å². The molecule has 0 aliphatic heterocycles. The molecule has 2 rings (SSSR count). The lowest BCUT2D eigenvalue weighted by Gasteiger charge is -1.93. The number of rotatable bonds is 0. The van der Waals surface area contributed by atoms with Crippen LogP contribution in [0.15, 0.2) is 29.2 Å². The highest BCUT2D eigenvalue weighted by molar-refractivity contribution is 5.47. The second kappa shape index (κ2) is 1.99. The van der Waals surface area contributed by atoms with Gasteiger partial charge in [-0.15, -0.1) is 0 Å². The lowest BCUT2D eigenvalue weighted by molar-refractivity contribution is 0.971. The zero-order valence-electron chi connectivity index (χ0n) is 6.16. The third-order valence-corrected chi connectivity index (χ3v) is 1.77. The van der Waals surface area contributed by atoms with Crippen molar-refractivity contribution in [1.29, 1.82) is 0 Å². The van der Waals surface area contributed by atoms with Crippen molar-refractivity contribution in [3.05, 3.63) is 40.6 Å². The van der Waals surface area contributed by atoms with Gasteiger partial charge in [-0.25, -0.2) is 4.79 Å². The maximum atomic E-state index is 11.2. The predicted molar refractivity (Wildman–Crippen MR) is 42.8 cm³/mol. The molecule has 0 aliphatic rings. The van der Waals surface area contributed by atoms with Gasteiger partial charge in [0.05, 0.1) is 5.52 Å². The Morgan fingerprint density at radius 3 is 2.91 bits per heavy atom. The van der Waals surface area contributed by atoms with Crippen molar-refractivity contribution >= 4 is 5.52 Å². The molecular formula is C8H8N2O. The van der Waals surface area contributed by atoms with Gasteiger partial charge in [0.2, 0.25) is 0 Å². The van der Waals surface area contributed by atoms with Crippen LogP contribution in [-0.2, 0) is 0 Å². The molecule has 2 aromatic heterocycles. The predicted octanol–water partition coefficient (Wildman–Crippen LogP) is 0.936. The molecule has 0 aliphatic carbocycles. The van der Waals surface area contributed by atoms with Gasteiger partial charge in [-0.05, 0) is 25.1 Å². The minimum absolute atomic E-state index is 0.0787. The topological polar surface area (TPSA) is 37.3 Å². The molecular weight excluding hydrogens is 140 g/mol. The van der Waals surface area contributed by atoms with Crippen LogP contribution in [0.25, 0.3) is 5.52 Å². The van der Waals surface area contributed by atoms with Gasteiger partial charge < -0.3 is 4.98 Å². The van der Waals surface area contributed by atoms with Crippen LogP contribution < -0.4 is 5.69 Å². The van der Waals surface area contributed by atoms with Crippen LogP contribution in [0.4, 0.5) is 0 Å². The fourth-order valence-electron chi connectivity index (χ4n) is 1.23. The lowest BCUT2D eigenvalue weighted by Crippen LogP contribution is -2.15. The Bertz CT molecular complexity index is 439. The second-order valence-corrected chi connectivity index (χ2v) is 2.52. The first-order chi connectivity index (χ1) is 5.29. The van der Waals surface area contributed by atoms with Crippen LogP contribution in [0.1, 0.15) is 5.69 Å². The van der Waals surface area contributed by atoms with E-state index < -0.39 is 0 Å². The number of nitrogens with zero attached hydrogens (tertiary/aromatic N) is 1. The molecule has 0 fully saturated rings. The molecule has 0 spiro atoms. The van der Waals surface area contributed by atoms with E-state index in [2.05, 4.69) is 4.98 Å². The third kappa shape index (κ3) is 0.774. The average molecular weight is 148 g/mol. The molecule has 0 saturated heterocycles. The van der Waals surface area contributed by atoms with Gasteiger partial charge in [0.1, 0.15) is 0 Å². The summed E-state index contributed by atoms with van der Waals surface area (Å²) in [6.07, 6.45) is 1.65. The van der Waals surface area contributed by atoms with E-state index in [-0.39, 0.29) is 5.69 Å². The second-order valence-electron chi connectivity index (χ2n) is 2.52. The summed E-state index contributed by atoms with van der Waals surface area (Å²) in [5.41, 5.74) is 1.82. The Morgan fingerprint density at radius 1 is 1.36 bits per heavy atom. The fourth-order valence-corrected chi connectivity index (χ4v) is 1.23. The number of nitrogens with one attached hydrogen (secondary N) is 1. The molecule has 56 valence electrons. The molecule has 1 N–H and O–H groups in total. The average Bonchev–Trinajstić information content (AvgIpc) is 2.34. The summed E-state index contributed by atoms with van der Waals surface area (Å²) in [5, 5.41) is 0. The number of H-pyrrole nitrogens is 1. The Hall–Kier alpha value is -1.51. The van der Waals surface area contributed by atoms with Crippen molar-refractivity contribution in [2.75, 3.05) is 0 Å². The zero-order valence-corrected chi connectivity index (χ0v) is 6.16. The summed E-state index contributed by atoms with van der Waals surface area (Å²) < 4.78 is 1.64. The first-order valence-electron chi connectivity index (χ1n) is 3.45. The van der Waals surface area contributed by atoms with E-state index in [4.69, 9.17) is 0 Å². The number of fused-ring (bicyclic) bond motifs is 1. The Morgan fingerprint density at radius 2 is 2.18 bits per heavy atom. The molecule has 2 heterocycles. The van der Waals surface area contributed by atoms with Crippen LogP contribution in [0.2, 0.25) is 0 Å². The molecule has 0 unspecified atom stereocenters. The van der Waals surface area contributed by atoms with Gasteiger partial charge >= 0.3 is 5.69 Å². The van der Waals surface area contributed by atoms with Gasteiger partial charge in [0.25, 0.3) is 0 Å². The normalized spacial score (nSPS) is 10.6. The summed E-state index contributed by atoms with van der Waals surface area (Å²) in [6.45, 7) is 1.90. The minimum atomic E-state index is -0.0787. The maximum Gasteiger partial charge on any atom is 0.330 e. The summed E-state index contributed by atoms with van der Waals surface area (Å²) in [4.78, 5) is 13.8. The molecule has 0 saturated carbocycles. The standard InChI is InChI=1S/C8H8N2O/c1-6-2-3-7-4-5-9-8(11)10(6)7/h2-5H,1H3,(H,9,11). The third-order valence-electron chi connectivity index (χ3n) is 1.77. The van der Waals surface area contributed by atoms with Crippen molar-refractivity contribution in [3.8, 4) is 0 Å². The first kappa shape index (κ1) is 6.22. The van der Waals surface area contributed by atoms with Gasteiger partial charge in [-0.2, -0.15) is 0 Å². The van der Waals surface area contributed by atoms with E-state index in [0.29, 0.717) is 0 Å². The molecule has 0 aromatic carbocycles. The Labute approximate surface area is 63.3 Å². The van der Waals surface area contributed by atoms with Gasteiger partial charge in [-0.1, -0.05) is 0 Å². The zero-order chi connectivity index (χ0) is 7.84. The largest absolute Gasteiger partial charge is 0.330 e. The molecule has 0 radical (unpaired) electrons. The number of aryl methyl sites for hydroxylation is 1. The summed E-state index contributed by atoms with van der Waals surface area (Å²) in [5.74, 6) is 0. The van der Waals surface area contributed by atoms with Crippen LogP contribution in [-0.4, -0.2) is 9.38 Å². The molecule has 11 heavy (non-hydrogen) atoms. The van der Waals surface area contributed by atoms with Gasteiger partial charge in [0, 0.05) is 11.9 Å². The van der Waals surface area contributed by atoms with Crippen molar-refractivity contribution in [2.24, 2.45) is 0 Å². The summed E-state index contributed by atoms with van der Waals surface area (Å²) in [7, 11) is 0. The minimum Gasteiger partial charge on any atom is -0.314 e. The first-order valence-corrected chi connectivity index (χ1v) is 3.45. The van der Waals surface area contributed by atoms with Crippen molar-refractivity contribution in [2.45, 2.75) is 6.92 Å². The molecule has 0 bridgehead atoms. The summed E-state index contributed by atoms with van der Waals surface area (Å²) >= 11 is 0. The number of hydrogen-bond donors (Lipinski definition) is 1. The maximum absolute atomic E-state index is 11.2. The highest BCUT2D eigenvalue weighted by Crippen LogP contribution is 2.03. The summed E-state index contributed by atoms with van der Waals surface area (Å²) in [6, 6.07) is 5.71. The van der Waals surface area contributed by atoms with Gasteiger partial charge in [0.15, 0.2) is 0 Å². The van der Waals surface area contributed by atoms with Crippen LogP contribution >= 0.6 is 0 Å². The molecule has 0 atom stereocenters. The van der Waals surface area contributed by atoms with Crippen LogP contribution in [0.3, 0.4) is 0 Å². The smallest absolute Gasteiger partial charge is 0.314 e. The lowest BCUT2D eigenvalue weighted by atomic mass is 10.5. The Balaban J connectivity index is 3.08. The van der Waals surface area contributed by atoms with E-state index >= 15 is 0 Å². The van der Waals surface area contributed by atoms with E-state index in [1.54, 1.807) is 10.6 Å². The number of aromatic amines is 1. The van der Waals surface area contributed by atoms with Crippen molar-refractivity contribution in [1.82, 2.24) is 9.38 Å². The molecule has 2 aromatic rings. The monoisotopic (exact) mass is 148 g/mol. The quantitative estimate of drug-likeness (QED) is 0.593. The number of aromatic nitrogens is 2. The van der Waals surface area contributed by atoms with Crippen molar-refractivity contribution in [3.63, 3.8) is 0 Å².